The van der Waals surface area contributed by atoms with Gasteiger partial charge in [-0.3, -0.25) is 4.79 Å². The summed E-state index contributed by atoms with van der Waals surface area (Å²) in [5.74, 6) is -0.155. The average Bonchev–Trinajstić information content (AvgIpc) is 3.32. The van der Waals surface area contributed by atoms with Crippen molar-refractivity contribution >= 4 is 34.0 Å². The van der Waals surface area contributed by atoms with E-state index in [4.69, 9.17) is 4.98 Å². The number of para-hydroxylation sites is 1. The summed E-state index contributed by atoms with van der Waals surface area (Å²) >= 11 is 1.60. The standard InChI is InChI=1S/C21H20N4OS/c1-13(2)25-20-16(12-22-25)15(11-18(23-20)19-9-6-10-27-19)21(26)24-17-8-5-4-7-14(17)3/h4-13H,1-3H3,(H,24,26). The van der Waals surface area contributed by atoms with Crippen molar-refractivity contribution in [2.24, 2.45) is 0 Å². The molecule has 1 aromatic carbocycles. The van der Waals surface area contributed by atoms with Crippen molar-refractivity contribution in [3.8, 4) is 10.6 Å². The maximum atomic E-state index is 13.1. The van der Waals surface area contributed by atoms with Gasteiger partial charge in [0, 0.05) is 11.7 Å². The normalized spacial score (nSPS) is 11.3. The van der Waals surface area contributed by atoms with Crippen molar-refractivity contribution in [3.63, 3.8) is 0 Å². The number of pyridine rings is 1. The van der Waals surface area contributed by atoms with Crippen LogP contribution >= 0.6 is 11.3 Å². The summed E-state index contributed by atoms with van der Waals surface area (Å²) in [5.41, 5.74) is 3.92. The van der Waals surface area contributed by atoms with Gasteiger partial charge in [-0.05, 0) is 49.9 Å². The highest BCUT2D eigenvalue weighted by atomic mass is 32.1. The highest BCUT2D eigenvalue weighted by Gasteiger charge is 2.19. The Morgan fingerprint density at radius 2 is 2.00 bits per heavy atom. The zero-order valence-corrected chi connectivity index (χ0v) is 16.2. The number of carbonyl (C=O) groups is 1. The zero-order chi connectivity index (χ0) is 19.0. The third-order valence-electron chi connectivity index (χ3n) is 4.47. The van der Waals surface area contributed by atoms with E-state index in [0.29, 0.717) is 5.56 Å². The van der Waals surface area contributed by atoms with E-state index in [0.717, 1.165) is 32.9 Å². The number of anilines is 1. The summed E-state index contributed by atoms with van der Waals surface area (Å²) in [6.07, 6.45) is 1.73. The number of thiophene rings is 1. The van der Waals surface area contributed by atoms with Crippen LogP contribution in [0.4, 0.5) is 5.69 Å². The number of nitrogens with zero attached hydrogens (tertiary/aromatic N) is 3. The molecule has 0 saturated carbocycles. The molecule has 4 aromatic rings. The first-order chi connectivity index (χ1) is 13.0. The second kappa shape index (κ2) is 6.96. The number of aromatic nitrogens is 3. The van der Waals surface area contributed by atoms with Gasteiger partial charge in [0.25, 0.3) is 5.91 Å². The van der Waals surface area contributed by atoms with E-state index in [1.807, 2.05) is 59.5 Å². The molecule has 0 aliphatic heterocycles. The Kier molecular flexibility index (Phi) is 4.49. The Bertz CT molecular complexity index is 1110. The van der Waals surface area contributed by atoms with Crippen LogP contribution in [0.5, 0.6) is 0 Å². The van der Waals surface area contributed by atoms with Crippen molar-refractivity contribution in [1.29, 1.82) is 0 Å². The highest BCUT2D eigenvalue weighted by Crippen LogP contribution is 2.29. The summed E-state index contributed by atoms with van der Waals surface area (Å²) in [5, 5.41) is 10.3. The summed E-state index contributed by atoms with van der Waals surface area (Å²) < 4.78 is 1.86. The maximum absolute atomic E-state index is 13.1. The quantitative estimate of drug-likeness (QED) is 0.526. The molecule has 3 aromatic heterocycles. The lowest BCUT2D eigenvalue weighted by molar-refractivity contribution is 0.102. The number of hydrogen-bond acceptors (Lipinski definition) is 4. The summed E-state index contributed by atoms with van der Waals surface area (Å²) in [7, 11) is 0. The van der Waals surface area contributed by atoms with Gasteiger partial charge in [-0.2, -0.15) is 5.10 Å². The van der Waals surface area contributed by atoms with Crippen molar-refractivity contribution in [2.45, 2.75) is 26.8 Å². The molecule has 6 heteroatoms. The fourth-order valence-electron chi connectivity index (χ4n) is 3.04. The van der Waals surface area contributed by atoms with Crippen LogP contribution < -0.4 is 5.32 Å². The minimum Gasteiger partial charge on any atom is -0.322 e. The van der Waals surface area contributed by atoms with E-state index in [9.17, 15) is 4.79 Å². The molecule has 1 amide bonds. The lowest BCUT2D eigenvalue weighted by atomic mass is 10.1. The van der Waals surface area contributed by atoms with Crippen LogP contribution in [0, 0.1) is 6.92 Å². The molecular weight excluding hydrogens is 356 g/mol. The smallest absolute Gasteiger partial charge is 0.256 e. The van der Waals surface area contributed by atoms with Crippen LogP contribution in [0.1, 0.15) is 35.8 Å². The van der Waals surface area contributed by atoms with Gasteiger partial charge >= 0.3 is 0 Å². The van der Waals surface area contributed by atoms with Gasteiger partial charge < -0.3 is 5.32 Å². The first-order valence-corrected chi connectivity index (χ1v) is 9.71. The van der Waals surface area contributed by atoms with Gasteiger partial charge in [0.15, 0.2) is 5.65 Å². The molecule has 0 saturated heterocycles. The SMILES string of the molecule is Cc1ccccc1NC(=O)c1cc(-c2cccs2)nc2c1cnn2C(C)C. The molecule has 3 heterocycles. The van der Waals surface area contributed by atoms with Gasteiger partial charge in [0.05, 0.1) is 27.7 Å². The van der Waals surface area contributed by atoms with Crippen LogP contribution in [0.25, 0.3) is 21.6 Å². The van der Waals surface area contributed by atoms with E-state index < -0.39 is 0 Å². The lowest BCUT2D eigenvalue weighted by Gasteiger charge is -2.11. The molecule has 0 aliphatic rings. The fraction of sp³-hybridized carbons (Fsp3) is 0.190. The van der Waals surface area contributed by atoms with Gasteiger partial charge in [0.2, 0.25) is 0 Å². The fourth-order valence-corrected chi connectivity index (χ4v) is 3.72. The van der Waals surface area contributed by atoms with E-state index >= 15 is 0 Å². The predicted octanol–water partition coefficient (Wildman–Crippen LogP) is 5.30. The Morgan fingerprint density at radius 1 is 1.19 bits per heavy atom. The van der Waals surface area contributed by atoms with E-state index in [-0.39, 0.29) is 11.9 Å². The molecule has 0 unspecified atom stereocenters. The Balaban J connectivity index is 1.86. The molecule has 27 heavy (non-hydrogen) atoms. The topological polar surface area (TPSA) is 59.8 Å². The first-order valence-electron chi connectivity index (χ1n) is 8.83. The lowest BCUT2D eigenvalue weighted by Crippen LogP contribution is -2.14. The Morgan fingerprint density at radius 3 is 2.70 bits per heavy atom. The van der Waals surface area contributed by atoms with Crippen LogP contribution in [0.2, 0.25) is 0 Å². The van der Waals surface area contributed by atoms with E-state index in [2.05, 4.69) is 24.3 Å². The number of nitrogens with one attached hydrogen (secondary N) is 1. The number of rotatable bonds is 4. The molecule has 0 bridgehead atoms. The van der Waals surface area contributed by atoms with Crippen LogP contribution in [0.15, 0.2) is 54.0 Å². The number of aryl methyl sites for hydroxylation is 1. The first kappa shape index (κ1) is 17.4. The van der Waals surface area contributed by atoms with E-state index in [1.54, 1.807) is 17.5 Å². The predicted molar refractivity (Wildman–Crippen MR) is 110 cm³/mol. The molecule has 0 radical (unpaired) electrons. The maximum Gasteiger partial charge on any atom is 0.256 e. The van der Waals surface area contributed by atoms with Gasteiger partial charge in [0.1, 0.15) is 0 Å². The monoisotopic (exact) mass is 376 g/mol. The summed E-state index contributed by atoms with van der Waals surface area (Å²) in [4.78, 5) is 18.9. The molecule has 5 nitrogen and oxygen atoms in total. The Labute approximate surface area is 161 Å². The van der Waals surface area contributed by atoms with Crippen molar-refractivity contribution < 1.29 is 4.79 Å². The molecule has 0 fully saturated rings. The van der Waals surface area contributed by atoms with Crippen molar-refractivity contribution in [1.82, 2.24) is 14.8 Å². The average molecular weight is 376 g/mol. The molecule has 4 rings (SSSR count). The van der Waals surface area contributed by atoms with Crippen LogP contribution in [-0.2, 0) is 0 Å². The number of fused-ring (bicyclic) bond motifs is 1. The number of hydrogen-bond donors (Lipinski definition) is 1. The molecule has 1 N–H and O–H groups in total. The second-order valence-corrected chi connectivity index (χ2v) is 7.67. The largest absolute Gasteiger partial charge is 0.322 e. The summed E-state index contributed by atoms with van der Waals surface area (Å²) in [6.45, 7) is 6.09. The second-order valence-electron chi connectivity index (χ2n) is 6.72. The minimum absolute atomic E-state index is 0.154. The van der Waals surface area contributed by atoms with Crippen molar-refractivity contribution in [3.05, 3.63) is 65.2 Å². The third-order valence-corrected chi connectivity index (χ3v) is 5.36. The molecular formula is C21H20N4OS. The van der Waals surface area contributed by atoms with Gasteiger partial charge in [-0.15, -0.1) is 11.3 Å². The summed E-state index contributed by atoms with van der Waals surface area (Å²) in [6, 6.07) is 13.8. The highest BCUT2D eigenvalue weighted by molar-refractivity contribution is 7.13. The number of amides is 1. The minimum atomic E-state index is -0.155. The third kappa shape index (κ3) is 3.24. The molecule has 136 valence electrons. The van der Waals surface area contributed by atoms with Crippen LogP contribution in [-0.4, -0.2) is 20.7 Å². The van der Waals surface area contributed by atoms with Crippen LogP contribution in [0.3, 0.4) is 0 Å². The molecule has 0 atom stereocenters. The van der Waals surface area contributed by atoms with Crippen molar-refractivity contribution in [2.75, 3.05) is 5.32 Å². The Hall–Kier alpha value is -2.99. The van der Waals surface area contributed by atoms with Gasteiger partial charge in [-0.25, -0.2) is 9.67 Å². The number of benzene rings is 1. The zero-order valence-electron chi connectivity index (χ0n) is 15.4. The molecule has 0 spiro atoms. The number of carbonyl (C=O) groups excluding carboxylic acids is 1. The van der Waals surface area contributed by atoms with E-state index in [1.165, 1.54) is 0 Å². The molecule has 0 aliphatic carbocycles. The van der Waals surface area contributed by atoms with Gasteiger partial charge in [-0.1, -0.05) is 24.3 Å².